The Bertz CT molecular complexity index is 516. The van der Waals surface area contributed by atoms with Crippen molar-refractivity contribution in [2.45, 2.75) is 12.2 Å². The van der Waals surface area contributed by atoms with Crippen molar-refractivity contribution >= 4 is 10.0 Å². The molecule has 1 aromatic carbocycles. The third-order valence-electron chi connectivity index (χ3n) is 3.40. The Labute approximate surface area is 113 Å². The zero-order valence-electron chi connectivity index (χ0n) is 11.0. The maximum absolute atomic E-state index is 12.8. The van der Waals surface area contributed by atoms with Crippen molar-refractivity contribution in [2.24, 2.45) is 5.92 Å². The molecule has 0 bridgehead atoms. The molecule has 0 saturated carbocycles. The van der Waals surface area contributed by atoms with Crippen LogP contribution in [-0.2, 0) is 15.8 Å². The highest BCUT2D eigenvalue weighted by molar-refractivity contribution is 7.88. The van der Waals surface area contributed by atoms with Gasteiger partial charge in [0.05, 0.1) is 5.75 Å². The van der Waals surface area contributed by atoms with E-state index in [1.165, 1.54) is 24.3 Å². The molecule has 6 heteroatoms. The first-order valence-electron chi connectivity index (χ1n) is 6.38. The molecule has 1 atom stereocenters. The van der Waals surface area contributed by atoms with Crippen molar-refractivity contribution in [2.75, 3.05) is 26.7 Å². The molecule has 0 spiro atoms. The van der Waals surface area contributed by atoms with E-state index in [1.54, 1.807) is 4.31 Å². The van der Waals surface area contributed by atoms with E-state index in [1.807, 2.05) is 7.05 Å². The minimum Gasteiger partial charge on any atom is -0.319 e. The van der Waals surface area contributed by atoms with E-state index >= 15 is 0 Å². The highest BCUT2D eigenvalue weighted by Crippen LogP contribution is 2.21. The van der Waals surface area contributed by atoms with Gasteiger partial charge in [-0.15, -0.1) is 0 Å². The SMILES string of the molecule is CNC[C@@H]1CCN(S(=O)(=O)Cc2ccc(F)cc2)C1. The number of nitrogens with zero attached hydrogens (tertiary/aromatic N) is 1. The monoisotopic (exact) mass is 286 g/mol. The summed E-state index contributed by atoms with van der Waals surface area (Å²) in [5.41, 5.74) is 0.624. The summed E-state index contributed by atoms with van der Waals surface area (Å²) in [4.78, 5) is 0. The molecule has 0 amide bonds. The van der Waals surface area contributed by atoms with E-state index in [9.17, 15) is 12.8 Å². The molecule has 0 unspecified atom stereocenters. The van der Waals surface area contributed by atoms with Gasteiger partial charge in [-0.2, -0.15) is 0 Å². The summed E-state index contributed by atoms with van der Waals surface area (Å²) in [6, 6.07) is 5.62. The fourth-order valence-electron chi connectivity index (χ4n) is 2.39. The van der Waals surface area contributed by atoms with Gasteiger partial charge < -0.3 is 5.32 Å². The molecular formula is C13H19FN2O2S. The molecule has 1 N–H and O–H groups in total. The van der Waals surface area contributed by atoms with Crippen LogP contribution < -0.4 is 5.32 Å². The molecule has 1 saturated heterocycles. The van der Waals surface area contributed by atoms with E-state index in [2.05, 4.69) is 5.32 Å². The lowest BCUT2D eigenvalue weighted by Gasteiger charge is -2.16. The Hall–Kier alpha value is -0.980. The summed E-state index contributed by atoms with van der Waals surface area (Å²) in [5, 5.41) is 3.07. The summed E-state index contributed by atoms with van der Waals surface area (Å²) in [6.45, 7) is 1.99. The van der Waals surface area contributed by atoms with Crippen LogP contribution in [0.25, 0.3) is 0 Å². The van der Waals surface area contributed by atoms with Crippen LogP contribution in [0.5, 0.6) is 0 Å². The first-order chi connectivity index (χ1) is 9.01. The first kappa shape index (κ1) is 14.4. The topological polar surface area (TPSA) is 49.4 Å². The van der Waals surface area contributed by atoms with E-state index in [4.69, 9.17) is 0 Å². The van der Waals surface area contributed by atoms with Gasteiger partial charge in [-0.3, -0.25) is 0 Å². The molecule has 106 valence electrons. The molecule has 0 radical (unpaired) electrons. The molecule has 0 aliphatic carbocycles. The summed E-state index contributed by atoms with van der Waals surface area (Å²) >= 11 is 0. The Morgan fingerprint density at radius 1 is 1.37 bits per heavy atom. The lowest BCUT2D eigenvalue weighted by atomic mass is 10.1. The summed E-state index contributed by atoms with van der Waals surface area (Å²) < 4.78 is 38.8. The number of hydrogen-bond donors (Lipinski definition) is 1. The summed E-state index contributed by atoms with van der Waals surface area (Å²) in [6.07, 6.45) is 0.892. The highest BCUT2D eigenvalue weighted by atomic mass is 32.2. The van der Waals surface area contributed by atoms with Crippen molar-refractivity contribution in [3.63, 3.8) is 0 Å². The second-order valence-electron chi connectivity index (χ2n) is 4.95. The van der Waals surface area contributed by atoms with E-state index in [-0.39, 0.29) is 11.6 Å². The Morgan fingerprint density at radius 3 is 2.68 bits per heavy atom. The Balaban J connectivity index is 2.01. The highest BCUT2D eigenvalue weighted by Gasteiger charge is 2.30. The predicted octanol–water partition coefficient (Wildman–Crippen LogP) is 1.20. The number of hydrogen-bond acceptors (Lipinski definition) is 3. The molecule has 1 fully saturated rings. The number of halogens is 1. The van der Waals surface area contributed by atoms with Gasteiger partial charge in [-0.1, -0.05) is 12.1 Å². The smallest absolute Gasteiger partial charge is 0.218 e. The molecule has 0 aromatic heterocycles. The van der Waals surface area contributed by atoms with E-state index in [0.29, 0.717) is 24.6 Å². The number of benzene rings is 1. The van der Waals surface area contributed by atoms with E-state index in [0.717, 1.165) is 13.0 Å². The second kappa shape index (κ2) is 5.98. The zero-order valence-corrected chi connectivity index (χ0v) is 11.8. The molecule has 4 nitrogen and oxygen atoms in total. The Morgan fingerprint density at radius 2 is 2.05 bits per heavy atom. The summed E-state index contributed by atoms with van der Waals surface area (Å²) in [5.74, 6) is -0.0241. The lowest BCUT2D eigenvalue weighted by Crippen LogP contribution is -2.31. The van der Waals surface area contributed by atoms with Crippen LogP contribution >= 0.6 is 0 Å². The van der Waals surface area contributed by atoms with Crippen molar-refractivity contribution in [1.82, 2.24) is 9.62 Å². The lowest BCUT2D eigenvalue weighted by molar-refractivity contribution is 0.450. The molecule has 1 aliphatic heterocycles. The molecule has 1 heterocycles. The van der Waals surface area contributed by atoms with Crippen molar-refractivity contribution in [3.05, 3.63) is 35.6 Å². The average Bonchev–Trinajstić information content (AvgIpc) is 2.82. The van der Waals surface area contributed by atoms with Crippen LogP contribution in [-0.4, -0.2) is 39.4 Å². The van der Waals surface area contributed by atoms with Gasteiger partial charge in [-0.05, 0) is 43.6 Å². The number of nitrogens with one attached hydrogen (secondary N) is 1. The molecule has 1 aromatic rings. The molecule has 2 rings (SSSR count). The van der Waals surface area contributed by atoms with Crippen LogP contribution in [0.4, 0.5) is 4.39 Å². The fraction of sp³-hybridized carbons (Fsp3) is 0.538. The van der Waals surface area contributed by atoms with Gasteiger partial charge in [0.1, 0.15) is 5.82 Å². The van der Waals surface area contributed by atoms with Gasteiger partial charge in [0.15, 0.2) is 0 Å². The number of rotatable bonds is 5. The maximum Gasteiger partial charge on any atom is 0.218 e. The maximum atomic E-state index is 12.8. The van der Waals surface area contributed by atoms with Gasteiger partial charge in [0.25, 0.3) is 0 Å². The first-order valence-corrected chi connectivity index (χ1v) is 7.99. The van der Waals surface area contributed by atoms with Crippen LogP contribution in [0.1, 0.15) is 12.0 Å². The number of sulfonamides is 1. The minimum absolute atomic E-state index is 0.0560. The zero-order chi connectivity index (χ0) is 13.9. The van der Waals surface area contributed by atoms with Crippen molar-refractivity contribution in [1.29, 1.82) is 0 Å². The van der Waals surface area contributed by atoms with Gasteiger partial charge >= 0.3 is 0 Å². The second-order valence-corrected chi connectivity index (χ2v) is 6.92. The third kappa shape index (κ3) is 3.75. The van der Waals surface area contributed by atoms with Crippen LogP contribution in [0.3, 0.4) is 0 Å². The fourth-order valence-corrected chi connectivity index (χ4v) is 4.01. The largest absolute Gasteiger partial charge is 0.319 e. The van der Waals surface area contributed by atoms with Crippen LogP contribution in [0.2, 0.25) is 0 Å². The molecule has 19 heavy (non-hydrogen) atoms. The Kier molecular flexibility index (Phi) is 4.54. The van der Waals surface area contributed by atoms with Crippen LogP contribution in [0, 0.1) is 11.7 Å². The predicted molar refractivity (Wildman–Crippen MR) is 72.6 cm³/mol. The minimum atomic E-state index is -3.29. The molecule has 1 aliphatic rings. The van der Waals surface area contributed by atoms with Crippen molar-refractivity contribution in [3.8, 4) is 0 Å². The van der Waals surface area contributed by atoms with Gasteiger partial charge in [0.2, 0.25) is 10.0 Å². The average molecular weight is 286 g/mol. The quantitative estimate of drug-likeness (QED) is 0.885. The van der Waals surface area contributed by atoms with Crippen molar-refractivity contribution < 1.29 is 12.8 Å². The summed E-state index contributed by atoms with van der Waals surface area (Å²) in [7, 11) is -1.42. The van der Waals surface area contributed by atoms with Crippen LogP contribution in [0.15, 0.2) is 24.3 Å². The van der Waals surface area contributed by atoms with Gasteiger partial charge in [0, 0.05) is 13.1 Å². The third-order valence-corrected chi connectivity index (χ3v) is 5.21. The molecular weight excluding hydrogens is 267 g/mol. The normalized spacial score (nSPS) is 20.8. The van der Waals surface area contributed by atoms with E-state index < -0.39 is 10.0 Å². The standard InChI is InChI=1S/C13H19FN2O2S/c1-15-8-12-6-7-16(9-12)19(17,18)10-11-2-4-13(14)5-3-11/h2-5,12,15H,6-10H2,1H3/t12-/m0/s1. The van der Waals surface area contributed by atoms with Gasteiger partial charge in [-0.25, -0.2) is 17.1 Å².